The van der Waals surface area contributed by atoms with E-state index >= 15 is 0 Å². The highest BCUT2D eigenvalue weighted by atomic mass is 16.5. The molecule has 0 saturated carbocycles. The molecular weight excluding hydrogens is 318 g/mol. The number of rotatable bonds is 3. The number of amides is 1. The molecule has 3 heterocycles. The Hall–Kier alpha value is -2.70. The summed E-state index contributed by atoms with van der Waals surface area (Å²) in [6.45, 7) is 5.41. The largest absolute Gasteiger partial charge is 0.340 e. The summed E-state index contributed by atoms with van der Waals surface area (Å²) in [6, 6.07) is 7.56. The van der Waals surface area contributed by atoms with Gasteiger partial charge in [0.25, 0.3) is 5.91 Å². The number of carbonyl (C=O) groups excluding carboxylic acids is 1. The predicted octanol–water partition coefficient (Wildman–Crippen LogP) is 2.94. The molecule has 2 aromatic rings. The fourth-order valence-electron chi connectivity index (χ4n) is 3.43. The van der Waals surface area contributed by atoms with Gasteiger partial charge >= 0.3 is 0 Å². The third-order valence-electron chi connectivity index (χ3n) is 4.74. The molecule has 2 aliphatic rings. The van der Waals surface area contributed by atoms with Crippen LogP contribution >= 0.6 is 0 Å². The van der Waals surface area contributed by atoms with Crippen molar-refractivity contribution in [2.24, 2.45) is 5.10 Å². The third kappa shape index (κ3) is 3.01. The van der Waals surface area contributed by atoms with Crippen LogP contribution in [0.4, 0.5) is 5.69 Å². The fourth-order valence-corrected chi connectivity index (χ4v) is 3.43. The first-order chi connectivity index (χ1) is 12.1. The molecule has 0 bridgehead atoms. The van der Waals surface area contributed by atoms with Crippen molar-refractivity contribution >= 4 is 17.3 Å². The monoisotopic (exact) mass is 339 g/mol. The normalized spacial score (nSPS) is 20.2. The molecule has 0 N–H and O–H groups in total. The molecule has 1 amide bonds. The van der Waals surface area contributed by atoms with E-state index in [1.807, 2.05) is 41.1 Å². The average Bonchev–Trinajstić information content (AvgIpc) is 3.34. The maximum atomic E-state index is 12.9. The van der Waals surface area contributed by atoms with Gasteiger partial charge in [-0.25, -0.2) is 0 Å². The van der Waals surface area contributed by atoms with Crippen molar-refractivity contribution in [1.82, 2.24) is 15.0 Å². The topological polar surface area (TPSA) is 74.8 Å². The van der Waals surface area contributed by atoms with E-state index in [1.54, 1.807) is 6.92 Å². The molecule has 1 fully saturated rings. The van der Waals surface area contributed by atoms with Gasteiger partial charge in [-0.2, -0.15) is 10.1 Å². The smallest absolute Gasteiger partial charge is 0.254 e. The van der Waals surface area contributed by atoms with Crippen LogP contribution < -0.4 is 5.01 Å². The Bertz CT molecular complexity index is 811. The van der Waals surface area contributed by atoms with E-state index in [9.17, 15) is 4.79 Å². The Balaban J connectivity index is 1.52. The summed E-state index contributed by atoms with van der Waals surface area (Å²) in [5.41, 5.74) is 2.83. The number of hydrogen-bond donors (Lipinski definition) is 0. The van der Waals surface area contributed by atoms with Crippen LogP contribution in [0.15, 0.2) is 33.9 Å². The second-order valence-corrected chi connectivity index (χ2v) is 6.58. The van der Waals surface area contributed by atoms with Crippen LogP contribution in [0.5, 0.6) is 0 Å². The summed E-state index contributed by atoms with van der Waals surface area (Å²) < 4.78 is 5.08. The molecule has 1 aromatic heterocycles. The van der Waals surface area contributed by atoms with Gasteiger partial charge in [-0.3, -0.25) is 9.80 Å². The van der Waals surface area contributed by atoms with Gasteiger partial charge in [-0.15, -0.1) is 0 Å². The van der Waals surface area contributed by atoms with Crippen LogP contribution in [0.25, 0.3) is 0 Å². The second-order valence-electron chi connectivity index (χ2n) is 6.58. The summed E-state index contributed by atoms with van der Waals surface area (Å²) in [4.78, 5) is 19.1. The van der Waals surface area contributed by atoms with Gasteiger partial charge in [0.1, 0.15) is 0 Å². The van der Waals surface area contributed by atoms with E-state index in [1.165, 1.54) is 0 Å². The number of aromatic nitrogens is 2. The van der Waals surface area contributed by atoms with E-state index in [4.69, 9.17) is 4.52 Å². The number of carbonyl (C=O) groups is 1. The molecule has 7 nitrogen and oxygen atoms in total. The van der Waals surface area contributed by atoms with Gasteiger partial charge in [0.15, 0.2) is 5.82 Å². The number of hydrogen-bond acceptors (Lipinski definition) is 6. The molecule has 7 heteroatoms. The van der Waals surface area contributed by atoms with Crippen molar-refractivity contribution in [2.45, 2.75) is 39.2 Å². The molecule has 4 rings (SSSR count). The molecule has 1 atom stereocenters. The van der Waals surface area contributed by atoms with Gasteiger partial charge in [0.2, 0.25) is 5.89 Å². The maximum absolute atomic E-state index is 12.9. The minimum absolute atomic E-state index is 0.0117. The summed E-state index contributed by atoms with van der Waals surface area (Å²) in [5, 5.41) is 10.5. The van der Waals surface area contributed by atoms with E-state index < -0.39 is 0 Å². The summed E-state index contributed by atoms with van der Waals surface area (Å²) in [5.74, 6) is 1.14. The maximum Gasteiger partial charge on any atom is 0.254 e. The minimum Gasteiger partial charge on any atom is -0.340 e. The van der Waals surface area contributed by atoms with Gasteiger partial charge in [0, 0.05) is 37.7 Å². The van der Waals surface area contributed by atoms with Crippen LogP contribution in [0.3, 0.4) is 0 Å². The number of nitrogens with zero attached hydrogens (tertiary/aromatic N) is 5. The van der Waals surface area contributed by atoms with Crippen molar-refractivity contribution in [2.75, 3.05) is 18.1 Å². The number of aryl methyl sites for hydroxylation is 1. The standard InChI is InChI=1S/C18H21N5O2/c1-12-9-11-23(20-12)15-7-5-14(6-8-15)18(24)22-10-3-4-16(22)17-19-13(2)25-21-17/h5-8,16H,3-4,9-11H2,1-2H3/t16-/m0/s1. The molecule has 0 spiro atoms. The first-order valence-electron chi connectivity index (χ1n) is 8.64. The molecule has 25 heavy (non-hydrogen) atoms. The van der Waals surface area contributed by atoms with Gasteiger partial charge in [0.05, 0.1) is 11.7 Å². The Morgan fingerprint density at radius 2 is 2.00 bits per heavy atom. The predicted molar refractivity (Wildman–Crippen MR) is 93.6 cm³/mol. The number of benzene rings is 1. The minimum atomic E-state index is -0.101. The first kappa shape index (κ1) is 15.8. The number of hydrazone groups is 1. The fraction of sp³-hybridized carbons (Fsp3) is 0.444. The third-order valence-corrected chi connectivity index (χ3v) is 4.74. The van der Waals surface area contributed by atoms with Crippen LogP contribution in [0, 0.1) is 6.92 Å². The number of anilines is 1. The lowest BCUT2D eigenvalue weighted by Crippen LogP contribution is -2.31. The zero-order valence-electron chi connectivity index (χ0n) is 14.5. The summed E-state index contributed by atoms with van der Waals surface area (Å²) in [6.07, 6.45) is 2.80. The lowest BCUT2D eigenvalue weighted by Gasteiger charge is -2.22. The van der Waals surface area contributed by atoms with Crippen LogP contribution in [-0.2, 0) is 0 Å². The Morgan fingerprint density at radius 1 is 1.20 bits per heavy atom. The highest BCUT2D eigenvalue weighted by Crippen LogP contribution is 2.32. The second kappa shape index (κ2) is 6.31. The van der Waals surface area contributed by atoms with Crippen molar-refractivity contribution in [1.29, 1.82) is 0 Å². The zero-order chi connectivity index (χ0) is 17.4. The van der Waals surface area contributed by atoms with Crippen LogP contribution in [0.2, 0.25) is 0 Å². The summed E-state index contributed by atoms with van der Waals surface area (Å²) >= 11 is 0. The summed E-state index contributed by atoms with van der Waals surface area (Å²) in [7, 11) is 0. The van der Waals surface area contributed by atoms with Crippen LogP contribution in [-0.4, -0.2) is 39.7 Å². The Kier molecular flexibility index (Phi) is 3.99. The van der Waals surface area contributed by atoms with E-state index in [2.05, 4.69) is 15.2 Å². The first-order valence-corrected chi connectivity index (χ1v) is 8.64. The van der Waals surface area contributed by atoms with Crippen molar-refractivity contribution < 1.29 is 9.32 Å². The van der Waals surface area contributed by atoms with Gasteiger partial charge in [-0.1, -0.05) is 5.16 Å². The van der Waals surface area contributed by atoms with Gasteiger partial charge in [-0.05, 0) is 44.0 Å². The molecule has 130 valence electrons. The van der Waals surface area contributed by atoms with E-state index in [0.717, 1.165) is 37.2 Å². The molecule has 0 aliphatic carbocycles. The van der Waals surface area contributed by atoms with Crippen molar-refractivity contribution in [3.63, 3.8) is 0 Å². The molecule has 2 aliphatic heterocycles. The van der Waals surface area contributed by atoms with Gasteiger partial charge < -0.3 is 9.42 Å². The van der Waals surface area contributed by atoms with Crippen molar-refractivity contribution in [3.8, 4) is 0 Å². The van der Waals surface area contributed by atoms with Crippen LogP contribution in [0.1, 0.15) is 54.3 Å². The SMILES string of the molecule is CC1=NN(c2ccc(C(=O)N3CCC[C@H]3c3noc(C)n3)cc2)CC1. The zero-order valence-corrected chi connectivity index (χ0v) is 14.5. The molecule has 0 unspecified atom stereocenters. The lowest BCUT2D eigenvalue weighted by molar-refractivity contribution is 0.0728. The molecule has 0 radical (unpaired) electrons. The highest BCUT2D eigenvalue weighted by Gasteiger charge is 2.33. The highest BCUT2D eigenvalue weighted by molar-refractivity contribution is 5.95. The van der Waals surface area contributed by atoms with Crippen molar-refractivity contribution in [3.05, 3.63) is 41.5 Å². The molecule has 1 saturated heterocycles. The lowest BCUT2D eigenvalue weighted by atomic mass is 10.1. The number of likely N-dealkylation sites (tertiary alicyclic amines) is 1. The van der Waals surface area contributed by atoms with E-state index in [-0.39, 0.29) is 11.9 Å². The van der Waals surface area contributed by atoms with E-state index in [0.29, 0.717) is 23.8 Å². The quantitative estimate of drug-likeness (QED) is 0.859. The Labute approximate surface area is 146 Å². The molecular formula is C18H21N5O2. The average molecular weight is 339 g/mol. The molecule has 1 aromatic carbocycles. The Morgan fingerprint density at radius 3 is 2.64 bits per heavy atom.